The Hall–Kier alpha value is -1.26. The summed E-state index contributed by atoms with van der Waals surface area (Å²) in [6.07, 6.45) is -0.429. The van der Waals surface area contributed by atoms with Gasteiger partial charge in [-0.15, -0.1) is 0 Å². The molecule has 1 aliphatic rings. The Morgan fingerprint density at radius 3 is 2.81 bits per heavy atom. The first-order chi connectivity index (χ1) is 7.70. The monoisotopic (exact) mass is 223 g/mol. The Balaban J connectivity index is 2.09. The number of methoxy groups -OCH3 is 1. The average molecular weight is 223 g/mol. The van der Waals surface area contributed by atoms with E-state index in [9.17, 15) is 5.11 Å². The third-order valence-electron chi connectivity index (χ3n) is 2.82. The van der Waals surface area contributed by atoms with Gasteiger partial charge in [0.2, 0.25) is 0 Å². The van der Waals surface area contributed by atoms with Crippen LogP contribution in [0.1, 0.15) is 5.56 Å². The minimum atomic E-state index is -0.429. The summed E-state index contributed by atoms with van der Waals surface area (Å²) >= 11 is 0. The Kier molecular flexibility index (Phi) is 3.31. The van der Waals surface area contributed by atoms with Gasteiger partial charge in [-0.05, 0) is 30.7 Å². The van der Waals surface area contributed by atoms with Crippen LogP contribution in [0.2, 0.25) is 0 Å². The lowest BCUT2D eigenvalue weighted by Crippen LogP contribution is -2.32. The van der Waals surface area contributed by atoms with Gasteiger partial charge in [0, 0.05) is 5.69 Å². The van der Waals surface area contributed by atoms with Crippen molar-refractivity contribution in [3.63, 3.8) is 0 Å². The third-order valence-corrected chi connectivity index (χ3v) is 2.82. The Morgan fingerprint density at radius 1 is 1.44 bits per heavy atom. The van der Waals surface area contributed by atoms with Crippen molar-refractivity contribution in [3.05, 3.63) is 23.8 Å². The SMILES string of the molecule is COc1ccc(NC2COCC2O)c(C)c1. The molecule has 2 unspecified atom stereocenters. The van der Waals surface area contributed by atoms with E-state index >= 15 is 0 Å². The van der Waals surface area contributed by atoms with E-state index in [1.54, 1.807) is 7.11 Å². The summed E-state index contributed by atoms with van der Waals surface area (Å²) in [7, 11) is 1.65. The first-order valence-electron chi connectivity index (χ1n) is 5.37. The second-order valence-electron chi connectivity index (χ2n) is 4.04. The molecule has 1 aromatic carbocycles. The van der Waals surface area contributed by atoms with Gasteiger partial charge >= 0.3 is 0 Å². The zero-order valence-corrected chi connectivity index (χ0v) is 9.56. The largest absolute Gasteiger partial charge is 0.497 e. The van der Waals surface area contributed by atoms with Crippen LogP contribution in [-0.2, 0) is 4.74 Å². The van der Waals surface area contributed by atoms with Gasteiger partial charge in [-0.1, -0.05) is 0 Å². The summed E-state index contributed by atoms with van der Waals surface area (Å²) < 4.78 is 10.3. The lowest BCUT2D eigenvalue weighted by Gasteiger charge is -2.18. The maximum absolute atomic E-state index is 9.63. The molecule has 1 saturated heterocycles. The number of aryl methyl sites for hydroxylation is 1. The molecule has 1 fully saturated rings. The number of ether oxygens (including phenoxy) is 2. The highest BCUT2D eigenvalue weighted by molar-refractivity contribution is 5.54. The molecule has 2 atom stereocenters. The summed E-state index contributed by atoms with van der Waals surface area (Å²) in [6.45, 7) is 2.96. The number of aliphatic hydroxyl groups excluding tert-OH is 1. The van der Waals surface area contributed by atoms with Crippen molar-refractivity contribution in [2.24, 2.45) is 0 Å². The molecule has 0 amide bonds. The van der Waals surface area contributed by atoms with Crippen molar-refractivity contribution in [2.45, 2.75) is 19.1 Å². The van der Waals surface area contributed by atoms with E-state index in [0.29, 0.717) is 13.2 Å². The average Bonchev–Trinajstić information content (AvgIpc) is 2.67. The van der Waals surface area contributed by atoms with Crippen LogP contribution >= 0.6 is 0 Å². The molecule has 2 N–H and O–H groups in total. The molecule has 16 heavy (non-hydrogen) atoms. The fourth-order valence-corrected chi connectivity index (χ4v) is 1.81. The Bertz CT molecular complexity index is 367. The van der Waals surface area contributed by atoms with Crippen LogP contribution < -0.4 is 10.1 Å². The molecule has 4 heteroatoms. The van der Waals surface area contributed by atoms with Crippen molar-refractivity contribution in [1.29, 1.82) is 0 Å². The Labute approximate surface area is 95.2 Å². The summed E-state index contributed by atoms with van der Waals surface area (Å²) in [5.74, 6) is 0.839. The second kappa shape index (κ2) is 4.72. The van der Waals surface area contributed by atoms with Gasteiger partial charge in [-0.3, -0.25) is 0 Å². The molecule has 0 spiro atoms. The zero-order valence-electron chi connectivity index (χ0n) is 9.56. The van der Waals surface area contributed by atoms with Crippen molar-refractivity contribution in [1.82, 2.24) is 0 Å². The summed E-state index contributed by atoms with van der Waals surface area (Å²) in [4.78, 5) is 0. The van der Waals surface area contributed by atoms with Crippen molar-refractivity contribution in [2.75, 3.05) is 25.6 Å². The molecule has 0 aromatic heterocycles. The summed E-state index contributed by atoms with van der Waals surface area (Å²) in [6, 6.07) is 5.80. The normalized spacial score (nSPS) is 24.4. The molecule has 0 saturated carbocycles. The molecule has 2 rings (SSSR count). The van der Waals surface area contributed by atoms with Gasteiger partial charge in [0.15, 0.2) is 0 Å². The maximum Gasteiger partial charge on any atom is 0.119 e. The first kappa shape index (κ1) is 11.2. The van der Waals surface area contributed by atoms with E-state index < -0.39 is 6.10 Å². The molecular formula is C12H17NO3. The number of benzene rings is 1. The van der Waals surface area contributed by atoms with Crippen LogP contribution in [0.25, 0.3) is 0 Å². The van der Waals surface area contributed by atoms with E-state index in [-0.39, 0.29) is 6.04 Å². The predicted octanol–water partition coefficient (Wildman–Crippen LogP) is 1.18. The van der Waals surface area contributed by atoms with Crippen LogP contribution in [0.15, 0.2) is 18.2 Å². The highest BCUT2D eigenvalue weighted by atomic mass is 16.5. The summed E-state index contributed by atoms with van der Waals surface area (Å²) in [5.41, 5.74) is 2.11. The van der Waals surface area contributed by atoms with Crippen LogP contribution in [0, 0.1) is 6.92 Å². The smallest absolute Gasteiger partial charge is 0.119 e. The predicted molar refractivity (Wildman–Crippen MR) is 62.0 cm³/mol. The maximum atomic E-state index is 9.63. The molecule has 0 aliphatic carbocycles. The van der Waals surface area contributed by atoms with Gasteiger partial charge in [0.05, 0.1) is 32.5 Å². The van der Waals surface area contributed by atoms with E-state index in [1.807, 2.05) is 25.1 Å². The second-order valence-corrected chi connectivity index (χ2v) is 4.04. The van der Waals surface area contributed by atoms with E-state index in [4.69, 9.17) is 9.47 Å². The fourth-order valence-electron chi connectivity index (χ4n) is 1.81. The molecule has 4 nitrogen and oxygen atoms in total. The quantitative estimate of drug-likeness (QED) is 0.807. The lowest BCUT2D eigenvalue weighted by atomic mass is 10.1. The number of nitrogens with one attached hydrogen (secondary N) is 1. The minimum absolute atomic E-state index is 0.0212. The third kappa shape index (κ3) is 2.28. The van der Waals surface area contributed by atoms with Crippen molar-refractivity contribution in [3.8, 4) is 5.75 Å². The molecule has 88 valence electrons. The topological polar surface area (TPSA) is 50.7 Å². The molecule has 1 heterocycles. The number of anilines is 1. The molecule has 0 radical (unpaired) electrons. The summed E-state index contributed by atoms with van der Waals surface area (Å²) in [5, 5.41) is 12.9. The highest BCUT2D eigenvalue weighted by Gasteiger charge is 2.26. The van der Waals surface area contributed by atoms with Crippen molar-refractivity contribution >= 4 is 5.69 Å². The molecule has 1 aromatic rings. The van der Waals surface area contributed by atoms with E-state index in [1.165, 1.54) is 0 Å². The zero-order chi connectivity index (χ0) is 11.5. The van der Waals surface area contributed by atoms with Gasteiger partial charge in [-0.2, -0.15) is 0 Å². The number of hydrogen-bond donors (Lipinski definition) is 2. The van der Waals surface area contributed by atoms with Gasteiger partial charge in [-0.25, -0.2) is 0 Å². The fraction of sp³-hybridized carbons (Fsp3) is 0.500. The van der Waals surface area contributed by atoms with E-state index in [2.05, 4.69) is 5.32 Å². The van der Waals surface area contributed by atoms with Crippen LogP contribution in [0.4, 0.5) is 5.69 Å². The number of hydrogen-bond acceptors (Lipinski definition) is 4. The Morgan fingerprint density at radius 2 is 2.25 bits per heavy atom. The van der Waals surface area contributed by atoms with Crippen molar-refractivity contribution < 1.29 is 14.6 Å². The van der Waals surface area contributed by atoms with Gasteiger partial charge < -0.3 is 19.9 Å². The van der Waals surface area contributed by atoms with Gasteiger partial charge in [0.25, 0.3) is 0 Å². The highest BCUT2D eigenvalue weighted by Crippen LogP contribution is 2.23. The molecule has 1 aliphatic heterocycles. The van der Waals surface area contributed by atoms with Crippen LogP contribution in [0.3, 0.4) is 0 Å². The number of aliphatic hydroxyl groups is 1. The number of rotatable bonds is 3. The molecule has 0 bridgehead atoms. The van der Waals surface area contributed by atoms with Crippen LogP contribution in [-0.4, -0.2) is 37.6 Å². The molecular weight excluding hydrogens is 206 g/mol. The minimum Gasteiger partial charge on any atom is -0.497 e. The standard InChI is InChI=1S/C12H17NO3/c1-8-5-9(15-2)3-4-10(8)13-11-6-16-7-12(11)14/h3-5,11-14H,6-7H2,1-2H3. The first-order valence-corrected chi connectivity index (χ1v) is 5.37. The van der Waals surface area contributed by atoms with Gasteiger partial charge in [0.1, 0.15) is 5.75 Å². The van der Waals surface area contributed by atoms with Crippen LogP contribution in [0.5, 0.6) is 5.75 Å². The lowest BCUT2D eigenvalue weighted by molar-refractivity contribution is 0.125. The van der Waals surface area contributed by atoms with E-state index in [0.717, 1.165) is 17.0 Å².